The second-order valence-corrected chi connectivity index (χ2v) is 6.46. The number of nitrogens with zero attached hydrogens (tertiary/aromatic N) is 1. The van der Waals surface area contributed by atoms with Gasteiger partial charge in [-0.3, -0.25) is 4.79 Å². The normalized spacial score (nSPS) is 21.9. The Labute approximate surface area is 125 Å². The Kier molecular flexibility index (Phi) is 3.99. The summed E-state index contributed by atoms with van der Waals surface area (Å²) in [6.45, 7) is 3.96. The van der Waals surface area contributed by atoms with E-state index in [0.29, 0.717) is 16.0 Å². The van der Waals surface area contributed by atoms with Crippen molar-refractivity contribution in [1.82, 2.24) is 10.2 Å². The molecule has 0 bridgehead atoms. The van der Waals surface area contributed by atoms with Crippen LogP contribution >= 0.6 is 11.6 Å². The van der Waals surface area contributed by atoms with Crippen molar-refractivity contribution >= 4 is 17.5 Å². The molecule has 1 aromatic rings. The summed E-state index contributed by atoms with van der Waals surface area (Å²) in [6.07, 6.45) is 4.78. The average Bonchev–Trinajstić information content (AvgIpc) is 2.49. The summed E-state index contributed by atoms with van der Waals surface area (Å²) in [6, 6.07) is 7.33. The number of carbonyl (C=O) groups is 1. The molecule has 20 heavy (non-hydrogen) atoms. The van der Waals surface area contributed by atoms with Crippen LogP contribution in [0.5, 0.6) is 0 Å². The Hall–Kier alpha value is -1.06. The van der Waals surface area contributed by atoms with Crippen LogP contribution in [0.1, 0.15) is 36.0 Å². The number of likely N-dealkylation sites (tertiary alicyclic amines) is 1. The van der Waals surface area contributed by atoms with Gasteiger partial charge in [-0.05, 0) is 49.8 Å². The maximum absolute atomic E-state index is 12.5. The van der Waals surface area contributed by atoms with E-state index in [4.69, 9.17) is 11.6 Å². The Morgan fingerprint density at radius 3 is 2.60 bits per heavy atom. The largest absolute Gasteiger partial charge is 0.339 e. The smallest absolute Gasteiger partial charge is 0.255 e. The average molecular weight is 293 g/mol. The van der Waals surface area contributed by atoms with Gasteiger partial charge >= 0.3 is 0 Å². The van der Waals surface area contributed by atoms with E-state index in [2.05, 4.69) is 5.32 Å². The molecular formula is C16H21ClN2O. The fourth-order valence-electron chi connectivity index (χ4n) is 3.45. The zero-order chi connectivity index (χ0) is 14.0. The summed E-state index contributed by atoms with van der Waals surface area (Å²) in [5, 5.41) is 4.06. The van der Waals surface area contributed by atoms with Crippen molar-refractivity contribution in [3.63, 3.8) is 0 Å². The van der Waals surface area contributed by atoms with Crippen molar-refractivity contribution < 1.29 is 4.79 Å². The number of carbonyl (C=O) groups excluding carboxylic acids is 1. The molecule has 2 aliphatic rings. The quantitative estimate of drug-likeness (QED) is 0.863. The van der Waals surface area contributed by atoms with Crippen LogP contribution in [0, 0.1) is 5.41 Å². The molecule has 3 nitrogen and oxygen atoms in total. The Morgan fingerprint density at radius 1 is 1.20 bits per heavy atom. The van der Waals surface area contributed by atoms with Gasteiger partial charge in [-0.25, -0.2) is 0 Å². The molecule has 0 saturated carbocycles. The number of benzene rings is 1. The number of nitrogens with one attached hydrogen (secondary N) is 1. The monoisotopic (exact) mass is 292 g/mol. The minimum absolute atomic E-state index is 0.0780. The number of amides is 1. The molecule has 2 saturated heterocycles. The summed E-state index contributed by atoms with van der Waals surface area (Å²) in [4.78, 5) is 14.5. The van der Waals surface area contributed by atoms with Crippen LogP contribution in [-0.4, -0.2) is 37.0 Å². The summed E-state index contributed by atoms with van der Waals surface area (Å²) < 4.78 is 0. The van der Waals surface area contributed by atoms with Crippen molar-refractivity contribution in [1.29, 1.82) is 0 Å². The molecule has 2 aliphatic heterocycles. The minimum atomic E-state index is 0.0780. The molecule has 1 N–H and O–H groups in total. The van der Waals surface area contributed by atoms with E-state index >= 15 is 0 Å². The minimum Gasteiger partial charge on any atom is -0.339 e. The third-order valence-corrected chi connectivity index (χ3v) is 5.11. The highest BCUT2D eigenvalue weighted by molar-refractivity contribution is 6.33. The van der Waals surface area contributed by atoms with E-state index < -0.39 is 0 Å². The van der Waals surface area contributed by atoms with E-state index in [1.807, 2.05) is 23.1 Å². The fraction of sp³-hybridized carbons (Fsp3) is 0.562. The molecular weight excluding hydrogens is 272 g/mol. The molecule has 1 amide bonds. The van der Waals surface area contributed by atoms with Gasteiger partial charge in [0.2, 0.25) is 0 Å². The second kappa shape index (κ2) is 5.74. The van der Waals surface area contributed by atoms with Gasteiger partial charge < -0.3 is 10.2 Å². The third-order valence-electron chi connectivity index (χ3n) is 4.78. The molecule has 1 spiro atoms. The fourth-order valence-corrected chi connectivity index (χ4v) is 3.66. The number of rotatable bonds is 1. The Morgan fingerprint density at radius 2 is 1.95 bits per heavy atom. The summed E-state index contributed by atoms with van der Waals surface area (Å²) in [5.74, 6) is 0.0780. The molecule has 108 valence electrons. The lowest BCUT2D eigenvalue weighted by molar-refractivity contribution is 0.0514. The first-order chi connectivity index (χ1) is 9.70. The maximum Gasteiger partial charge on any atom is 0.255 e. The first kappa shape index (κ1) is 13.9. The highest BCUT2D eigenvalue weighted by atomic mass is 35.5. The molecule has 2 fully saturated rings. The molecule has 1 aromatic carbocycles. The molecule has 4 heteroatoms. The van der Waals surface area contributed by atoms with Gasteiger partial charge in [0.1, 0.15) is 0 Å². The Balaban J connectivity index is 1.66. The molecule has 0 atom stereocenters. The number of hydrogen-bond donors (Lipinski definition) is 1. The van der Waals surface area contributed by atoms with Gasteiger partial charge in [-0.1, -0.05) is 23.7 Å². The van der Waals surface area contributed by atoms with Crippen LogP contribution in [0.3, 0.4) is 0 Å². The third kappa shape index (κ3) is 2.70. The van der Waals surface area contributed by atoms with Crippen molar-refractivity contribution in [2.24, 2.45) is 5.41 Å². The van der Waals surface area contributed by atoms with Crippen molar-refractivity contribution in [3.05, 3.63) is 34.9 Å². The molecule has 0 aromatic heterocycles. The van der Waals surface area contributed by atoms with Crippen LogP contribution in [0.15, 0.2) is 24.3 Å². The first-order valence-corrected chi connectivity index (χ1v) is 7.83. The SMILES string of the molecule is O=C(c1ccccc1Cl)N1CCC2(CCCNC2)CC1. The summed E-state index contributed by atoms with van der Waals surface area (Å²) in [5.41, 5.74) is 1.06. The molecule has 0 radical (unpaired) electrons. The highest BCUT2D eigenvalue weighted by Crippen LogP contribution is 2.37. The number of hydrogen-bond acceptors (Lipinski definition) is 2. The van der Waals surface area contributed by atoms with E-state index in [1.165, 1.54) is 12.8 Å². The molecule has 0 unspecified atom stereocenters. The van der Waals surface area contributed by atoms with Crippen molar-refractivity contribution in [2.45, 2.75) is 25.7 Å². The van der Waals surface area contributed by atoms with E-state index in [-0.39, 0.29) is 5.91 Å². The molecule has 0 aliphatic carbocycles. The van der Waals surface area contributed by atoms with Crippen LogP contribution in [0.2, 0.25) is 5.02 Å². The van der Waals surface area contributed by atoms with Crippen LogP contribution in [-0.2, 0) is 0 Å². The zero-order valence-corrected chi connectivity index (χ0v) is 12.5. The van der Waals surface area contributed by atoms with E-state index in [9.17, 15) is 4.79 Å². The lowest BCUT2D eigenvalue weighted by Gasteiger charge is -2.44. The molecule has 3 rings (SSSR count). The maximum atomic E-state index is 12.5. The molecule has 2 heterocycles. The highest BCUT2D eigenvalue weighted by Gasteiger charge is 2.37. The Bertz CT molecular complexity index is 487. The predicted octanol–water partition coefficient (Wildman–Crippen LogP) is 2.95. The van der Waals surface area contributed by atoms with Gasteiger partial charge in [0.25, 0.3) is 5.91 Å². The van der Waals surface area contributed by atoms with Gasteiger partial charge in [0.05, 0.1) is 10.6 Å². The van der Waals surface area contributed by atoms with Gasteiger partial charge in [0.15, 0.2) is 0 Å². The van der Waals surface area contributed by atoms with Crippen molar-refractivity contribution in [3.8, 4) is 0 Å². The second-order valence-electron chi connectivity index (χ2n) is 6.05. The van der Waals surface area contributed by atoms with Crippen molar-refractivity contribution in [2.75, 3.05) is 26.2 Å². The topological polar surface area (TPSA) is 32.3 Å². The summed E-state index contributed by atoms with van der Waals surface area (Å²) >= 11 is 6.12. The van der Waals surface area contributed by atoms with Crippen LogP contribution in [0.4, 0.5) is 0 Å². The standard InChI is InChI=1S/C16H21ClN2O/c17-14-5-2-1-4-13(14)15(20)19-10-7-16(8-11-19)6-3-9-18-12-16/h1-2,4-5,18H,3,6-12H2. The van der Waals surface area contributed by atoms with Crippen LogP contribution < -0.4 is 5.32 Å². The van der Waals surface area contributed by atoms with Gasteiger partial charge in [-0.15, -0.1) is 0 Å². The summed E-state index contributed by atoms with van der Waals surface area (Å²) in [7, 11) is 0. The number of halogens is 1. The van der Waals surface area contributed by atoms with E-state index in [0.717, 1.165) is 39.0 Å². The predicted molar refractivity (Wildman–Crippen MR) is 81.1 cm³/mol. The van der Waals surface area contributed by atoms with Gasteiger partial charge in [0, 0.05) is 19.6 Å². The number of piperidine rings is 2. The van der Waals surface area contributed by atoms with E-state index in [1.54, 1.807) is 6.07 Å². The van der Waals surface area contributed by atoms with Gasteiger partial charge in [-0.2, -0.15) is 0 Å². The lowest BCUT2D eigenvalue weighted by Crippen LogP contribution is -2.49. The first-order valence-electron chi connectivity index (χ1n) is 7.45. The lowest BCUT2D eigenvalue weighted by atomic mass is 9.73. The van der Waals surface area contributed by atoms with Crippen LogP contribution in [0.25, 0.3) is 0 Å². The zero-order valence-electron chi connectivity index (χ0n) is 11.7.